The Morgan fingerprint density at radius 2 is 1.44 bits per heavy atom. The van der Waals surface area contributed by atoms with Gasteiger partial charge < -0.3 is 24.8 Å². The number of ether oxygens (including phenoxy) is 3. The molecule has 11 nitrogen and oxygen atoms in total. The molecule has 0 spiro atoms. The van der Waals surface area contributed by atoms with Crippen molar-refractivity contribution in [3.05, 3.63) is 86.5 Å². The third-order valence-corrected chi connectivity index (χ3v) is 6.15. The van der Waals surface area contributed by atoms with Crippen molar-refractivity contribution in [1.82, 2.24) is 9.13 Å². The second-order valence-corrected chi connectivity index (χ2v) is 8.70. The van der Waals surface area contributed by atoms with E-state index in [4.69, 9.17) is 25.8 Å². The summed E-state index contributed by atoms with van der Waals surface area (Å²) < 4.78 is 17.5. The number of carbonyl (C=O) groups excluding carboxylic acids is 2. The Kier molecular flexibility index (Phi) is 8.21. The summed E-state index contributed by atoms with van der Waals surface area (Å²) in [6, 6.07) is 15.9. The number of halogens is 1. The number of methoxy groups -OCH3 is 3. The number of benzene rings is 3. The van der Waals surface area contributed by atoms with Gasteiger partial charge >= 0.3 is 5.69 Å². The molecule has 39 heavy (non-hydrogen) atoms. The zero-order chi connectivity index (χ0) is 28.1. The quantitative estimate of drug-likeness (QED) is 0.326. The monoisotopic (exact) mass is 552 g/mol. The first-order valence-electron chi connectivity index (χ1n) is 11.6. The van der Waals surface area contributed by atoms with Gasteiger partial charge in [0.2, 0.25) is 11.8 Å². The van der Waals surface area contributed by atoms with Crippen molar-refractivity contribution >= 4 is 45.7 Å². The van der Waals surface area contributed by atoms with Gasteiger partial charge in [0, 0.05) is 11.8 Å². The SMILES string of the molecule is COc1ccc(NC(=O)Cn2c(=O)c3ccccc3n(CC(=O)Nc3cc(Cl)c(OC)cc3OC)c2=O)cc1. The lowest BCUT2D eigenvalue weighted by molar-refractivity contribution is -0.117. The van der Waals surface area contributed by atoms with Gasteiger partial charge in [0.25, 0.3) is 5.56 Å². The number of aromatic nitrogens is 2. The van der Waals surface area contributed by atoms with Crippen LogP contribution in [0.2, 0.25) is 5.02 Å². The first-order chi connectivity index (χ1) is 18.7. The number of fused-ring (bicyclic) bond motifs is 1. The molecule has 0 saturated heterocycles. The van der Waals surface area contributed by atoms with Gasteiger partial charge in [-0.2, -0.15) is 0 Å². The first kappa shape index (κ1) is 27.3. The number of rotatable bonds is 9. The van der Waals surface area contributed by atoms with E-state index in [0.29, 0.717) is 22.9 Å². The number of nitrogens with one attached hydrogen (secondary N) is 2. The molecule has 0 atom stereocenters. The van der Waals surface area contributed by atoms with E-state index in [1.807, 2.05) is 0 Å². The Morgan fingerprint density at radius 3 is 2.10 bits per heavy atom. The highest BCUT2D eigenvalue weighted by Gasteiger charge is 2.19. The van der Waals surface area contributed by atoms with Gasteiger partial charge in [-0.25, -0.2) is 4.79 Å². The smallest absolute Gasteiger partial charge is 0.332 e. The van der Waals surface area contributed by atoms with Crippen LogP contribution in [0.15, 0.2) is 70.3 Å². The van der Waals surface area contributed by atoms with Gasteiger partial charge in [-0.05, 0) is 42.5 Å². The van der Waals surface area contributed by atoms with Crippen molar-refractivity contribution in [3.8, 4) is 17.2 Å². The highest BCUT2D eigenvalue weighted by atomic mass is 35.5. The summed E-state index contributed by atoms with van der Waals surface area (Å²) in [7, 11) is 4.39. The average Bonchev–Trinajstić information content (AvgIpc) is 2.94. The zero-order valence-electron chi connectivity index (χ0n) is 21.3. The summed E-state index contributed by atoms with van der Waals surface area (Å²) in [4.78, 5) is 52.3. The van der Waals surface area contributed by atoms with Crippen LogP contribution in [0.4, 0.5) is 11.4 Å². The fourth-order valence-corrected chi connectivity index (χ4v) is 4.21. The molecule has 0 aliphatic heterocycles. The number of nitrogens with zero attached hydrogens (tertiary/aromatic N) is 2. The molecule has 1 heterocycles. The maximum absolute atomic E-state index is 13.4. The largest absolute Gasteiger partial charge is 0.497 e. The second kappa shape index (κ2) is 11.7. The molecule has 1 aromatic heterocycles. The van der Waals surface area contributed by atoms with Crippen molar-refractivity contribution < 1.29 is 23.8 Å². The van der Waals surface area contributed by atoms with Gasteiger partial charge in [0.05, 0.1) is 42.9 Å². The molecule has 0 unspecified atom stereocenters. The molecule has 2 N–H and O–H groups in total. The molecule has 3 aromatic carbocycles. The third kappa shape index (κ3) is 5.88. The highest BCUT2D eigenvalue weighted by molar-refractivity contribution is 6.32. The van der Waals surface area contributed by atoms with Crippen LogP contribution < -0.4 is 36.1 Å². The molecular formula is C27H25ClN4O7. The summed E-state index contributed by atoms with van der Waals surface area (Å²) in [6.45, 7) is -1.01. The number of hydrogen-bond donors (Lipinski definition) is 2. The molecule has 0 aliphatic rings. The molecule has 12 heteroatoms. The molecule has 4 aromatic rings. The molecule has 0 saturated carbocycles. The third-order valence-electron chi connectivity index (χ3n) is 5.86. The molecule has 202 valence electrons. The minimum absolute atomic E-state index is 0.173. The minimum atomic E-state index is -0.821. The Labute approximate surface area is 227 Å². The van der Waals surface area contributed by atoms with Gasteiger partial charge in [-0.1, -0.05) is 23.7 Å². The molecule has 4 rings (SSSR count). The van der Waals surface area contributed by atoms with Crippen LogP contribution >= 0.6 is 11.6 Å². The van der Waals surface area contributed by atoms with Crippen molar-refractivity contribution in [2.45, 2.75) is 13.1 Å². The second-order valence-electron chi connectivity index (χ2n) is 8.29. The molecule has 0 fully saturated rings. The van der Waals surface area contributed by atoms with Gasteiger partial charge in [-0.15, -0.1) is 0 Å². The zero-order valence-corrected chi connectivity index (χ0v) is 22.1. The number of carbonyl (C=O) groups is 2. The van der Waals surface area contributed by atoms with E-state index in [1.165, 1.54) is 39.5 Å². The summed E-state index contributed by atoms with van der Waals surface area (Å²) in [5.74, 6) is 0.0723. The molecule has 0 aliphatic carbocycles. The fraction of sp³-hybridized carbons (Fsp3) is 0.185. The average molecular weight is 553 g/mol. The Balaban J connectivity index is 1.65. The molecule has 2 amide bonds. The van der Waals surface area contributed by atoms with E-state index < -0.39 is 36.2 Å². The highest BCUT2D eigenvalue weighted by Crippen LogP contribution is 2.35. The van der Waals surface area contributed by atoms with Crippen molar-refractivity contribution in [2.75, 3.05) is 32.0 Å². The van der Waals surface area contributed by atoms with Gasteiger partial charge in [-0.3, -0.25) is 23.5 Å². The summed E-state index contributed by atoms with van der Waals surface area (Å²) in [6.07, 6.45) is 0. The van der Waals surface area contributed by atoms with Gasteiger partial charge in [0.15, 0.2) is 0 Å². The van der Waals surface area contributed by atoms with Crippen LogP contribution in [0.5, 0.6) is 17.2 Å². The lowest BCUT2D eigenvalue weighted by atomic mass is 10.2. The van der Waals surface area contributed by atoms with Crippen LogP contribution in [0.3, 0.4) is 0 Å². The van der Waals surface area contributed by atoms with E-state index in [0.717, 1.165) is 9.13 Å². The van der Waals surface area contributed by atoms with Crippen LogP contribution in [0.25, 0.3) is 10.9 Å². The van der Waals surface area contributed by atoms with Crippen molar-refractivity contribution in [1.29, 1.82) is 0 Å². The van der Waals surface area contributed by atoms with E-state index in [1.54, 1.807) is 42.5 Å². The Bertz CT molecular complexity index is 1660. The predicted octanol–water partition coefficient (Wildman–Crippen LogP) is 3.12. The van der Waals surface area contributed by atoms with Crippen molar-refractivity contribution in [2.24, 2.45) is 0 Å². The lowest BCUT2D eigenvalue weighted by Gasteiger charge is -2.16. The van der Waals surface area contributed by atoms with Crippen LogP contribution in [-0.4, -0.2) is 42.3 Å². The van der Waals surface area contributed by atoms with Gasteiger partial charge in [0.1, 0.15) is 30.3 Å². The van der Waals surface area contributed by atoms with E-state index in [-0.39, 0.29) is 21.6 Å². The minimum Gasteiger partial charge on any atom is -0.497 e. The van der Waals surface area contributed by atoms with Crippen LogP contribution in [0, 0.1) is 0 Å². The molecule has 0 bridgehead atoms. The van der Waals surface area contributed by atoms with E-state index in [2.05, 4.69) is 10.6 Å². The summed E-state index contributed by atoms with van der Waals surface area (Å²) >= 11 is 6.20. The van der Waals surface area contributed by atoms with Crippen LogP contribution in [-0.2, 0) is 22.7 Å². The van der Waals surface area contributed by atoms with Crippen LogP contribution in [0.1, 0.15) is 0 Å². The predicted molar refractivity (Wildman–Crippen MR) is 147 cm³/mol. The summed E-state index contributed by atoms with van der Waals surface area (Å²) in [5, 5.41) is 5.73. The standard InChI is InChI=1S/C27H25ClN4O7/c1-37-17-10-8-16(9-11-17)29-24(33)15-32-26(35)18-6-4-5-7-21(18)31(27(32)36)14-25(34)30-20-12-19(28)22(38-2)13-23(20)39-3/h4-13H,14-15H2,1-3H3,(H,29,33)(H,30,34). The summed E-state index contributed by atoms with van der Waals surface area (Å²) in [5.41, 5.74) is -0.507. The first-order valence-corrected chi connectivity index (χ1v) is 12.0. The topological polar surface area (TPSA) is 130 Å². The number of anilines is 2. The number of para-hydroxylation sites is 1. The number of hydrogen-bond acceptors (Lipinski definition) is 7. The van der Waals surface area contributed by atoms with E-state index >= 15 is 0 Å². The normalized spacial score (nSPS) is 10.7. The molecule has 0 radical (unpaired) electrons. The maximum atomic E-state index is 13.4. The Hall–Kier alpha value is -4.77. The fourth-order valence-electron chi connectivity index (χ4n) is 3.97. The Morgan fingerprint density at radius 1 is 0.795 bits per heavy atom. The van der Waals surface area contributed by atoms with Crippen molar-refractivity contribution in [3.63, 3.8) is 0 Å². The number of amides is 2. The van der Waals surface area contributed by atoms with E-state index in [9.17, 15) is 19.2 Å². The molecular weight excluding hydrogens is 528 g/mol. The maximum Gasteiger partial charge on any atom is 0.332 e. The lowest BCUT2D eigenvalue weighted by Crippen LogP contribution is -2.44.